The summed E-state index contributed by atoms with van der Waals surface area (Å²) >= 11 is 6.26. The number of hydrogen-bond acceptors (Lipinski definition) is 6. The summed E-state index contributed by atoms with van der Waals surface area (Å²) < 4.78 is 5.72. The topological polar surface area (TPSA) is 148 Å². The fraction of sp³-hybridized carbons (Fsp3) is 0.630. The van der Waals surface area contributed by atoms with E-state index in [4.69, 9.17) is 22.1 Å². The largest absolute Gasteiger partial charge is 0.480 e. The van der Waals surface area contributed by atoms with E-state index in [1.54, 1.807) is 24.3 Å². The van der Waals surface area contributed by atoms with Gasteiger partial charge in [-0.15, -0.1) is 0 Å². The zero-order valence-corrected chi connectivity index (χ0v) is 23.2. The maximum absolute atomic E-state index is 13.1. The minimum atomic E-state index is -1.20. The van der Waals surface area contributed by atoms with E-state index in [9.17, 15) is 24.3 Å². The zero-order chi connectivity index (χ0) is 28.1. The van der Waals surface area contributed by atoms with Crippen molar-refractivity contribution in [3.8, 4) is 0 Å². The summed E-state index contributed by atoms with van der Waals surface area (Å²) in [7, 11) is 0. The number of carbonyl (C=O) groups is 4. The van der Waals surface area contributed by atoms with E-state index in [1.807, 2.05) is 20.8 Å². The maximum atomic E-state index is 13.1. The molecule has 0 aliphatic heterocycles. The number of carboxylic acid groups (broad SMARTS) is 1. The average molecular weight is 540 g/mol. The van der Waals surface area contributed by atoms with Gasteiger partial charge in [0.15, 0.2) is 0 Å². The fourth-order valence-electron chi connectivity index (χ4n) is 3.69. The molecule has 9 nitrogen and oxygen atoms in total. The highest BCUT2D eigenvalue weighted by atomic mass is 35.5. The number of carboxylic acids is 1. The number of rotatable bonds is 16. The molecular weight excluding hydrogens is 498 g/mol. The van der Waals surface area contributed by atoms with Gasteiger partial charge < -0.3 is 26.2 Å². The van der Waals surface area contributed by atoms with Crippen LogP contribution in [0.2, 0.25) is 5.02 Å². The molecule has 1 rings (SSSR count). The number of halogens is 1. The number of carbonyl (C=O) groups excluding carboxylic acids is 3. The van der Waals surface area contributed by atoms with Crippen molar-refractivity contribution in [1.82, 2.24) is 10.6 Å². The van der Waals surface area contributed by atoms with Crippen molar-refractivity contribution in [3.05, 3.63) is 34.9 Å². The van der Waals surface area contributed by atoms with Gasteiger partial charge in [0.25, 0.3) is 0 Å². The first-order chi connectivity index (χ1) is 17.4. The van der Waals surface area contributed by atoms with Gasteiger partial charge in [0, 0.05) is 11.4 Å². The van der Waals surface area contributed by atoms with E-state index in [1.165, 1.54) is 6.92 Å². The van der Waals surface area contributed by atoms with Crippen molar-refractivity contribution in [1.29, 1.82) is 0 Å². The third-order valence-electron chi connectivity index (χ3n) is 6.59. The summed E-state index contributed by atoms with van der Waals surface area (Å²) in [6.45, 7) is 9.10. The SMILES string of the molecule is CCCC[C@H](C)[C@H](CC(=O)N[C@@H](Cc1ccccc1Cl)C(=O)N[C@@H](C)C(=O)O)OC(=O)[C@H](N)[C@@H](C)CC. The standard InChI is InChI=1S/C27H42ClN3O6/c1-6-8-11-17(4)22(37-27(36)24(29)16(3)7-2)15-23(32)31-21(25(33)30-18(5)26(34)35)14-19-12-9-10-13-20(19)28/h9-10,12-13,16-18,21-22,24H,6-8,11,14-15,29H2,1-5H3,(H,30,33)(H,31,32)(H,34,35)/t16-,17-,18-,21-,22-,24+/m0/s1. The maximum Gasteiger partial charge on any atom is 0.325 e. The van der Waals surface area contributed by atoms with Gasteiger partial charge >= 0.3 is 11.9 Å². The minimum Gasteiger partial charge on any atom is -0.480 e. The Morgan fingerprint density at radius 2 is 1.70 bits per heavy atom. The van der Waals surface area contributed by atoms with Crippen LogP contribution in [-0.4, -0.2) is 53.1 Å². The zero-order valence-electron chi connectivity index (χ0n) is 22.5. The molecule has 6 atom stereocenters. The van der Waals surface area contributed by atoms with Gasteiger partial charge in [-0.3, -0.25) is 19.2 Å². The number of benzene rings is 1. The number of unbranched alkanes of at least 4 members (excludes halogenated alkanes) is 1. The molecule has 0 bridgehead atoms. The first-order valence-corrected chi connectivity index (χ1v) is 13.3. The van der Waals surface area contributed by atoms with Crippen molar-refractivity contribution in [2.75, 3.05) is 0 Å². The van der Waals surface area contributed by atoms with Gasteiger partial charge in [-0.2, -0.15) is 0 Å². The van der Waals surface area contributed by atoms with Gasteiger partial charge in [-0.25, -0.2) is 0 Å². The molecule has 0 saturated carbocycles. The number of aliphatic carboxylic acids is 1. The van der Waals surface area contributed by atoms with Gasteiger partial charge in [0.1, 0.15) is 24.2 Å². The van der Waals surface area contributed by atoms with Crippen LogP contribution in [-0.2, 0) is 30.3 Å². The lowest BCUT2D eigenvalue weighted by molar-refractivity contribution is -0.156. The van der Waals surface area contributed by atoms with Gasteiger partial charge in [0.05, 0.1) is 6.42 Å². The van der Waals surface area contributed by atoms with Crippen molar-refractivity contribution in [2.24, 2.45) is 17.6 Å². The third kappa shape index (κ3) is 11.1. The predicted molar refractivity (Wildman–Crippen MR) is 143 cm³/mol. The summed E-state index contributed by atoms with van der Waals surface area (Å²) in [5, 5.41) is 14.7. The van der Waals surface area contributed by atoms with Crippen molar-refractivity contribution < 1.29 is 29.0 Å². The second-order valence-electron chi connectivity index (χ2n) is 9.69. The molecule has 0 saturated heterocycles. The normalized spacial score (nSPS) is 16.0. The Balaban J connectivity index is 3.08. The van der Waals surface area contributed by atoms with Crippen molar-refractivity contribution in [3.63, 3.8) is 0 Å². The van der Waals surface area contributed by atoms with Gasteiger partial charge in [0.2, 0.25) is 11.8 Å². The molecule has 0 aromatic heterocycles. The Kier molecular flexibility index (Phi) is 14.2. The Morgan fingerprint density at radius 3 is 2.27 bits per heavy atom. The average Bonchev–Trinajstić information content (AvgIpc) is 2.86. The number of hydrogen-bond donors (Lipinski definition) is 4. The number of nitrogens with two attached hydrogens (primary N) is 1. The van der Waals surface area contributed by atoms with Crippen molar-refractivity contribution >= 4 is 35.4 Å². The predicted octanol–water partition coefficient (Wildman–Crippen LogP) is 3.46. The molecule has 0 fully saturated rings. The number of nitrogens with one attached hydrogen (secondary N) is 2. The Labute approximate surface area is 224 Å². The summed E-state index contributed by atoms with van der Waals surface area (Å²) in [5.74, 6) is -3.11. The second-order valence-corrected chi connectivity index (χ2v) is 10.1. The molecule has 0 aliphatic carbocycles. The molecule has 1 aromatic rings. The number of ether oxygens (including phenoxy) is 1. The first kappa shape index (κ1) is 32.4. The smallest absolute Gasteiger partial charge is 0.325 e. The summed E-state index contributed by atoms with van der Waals surface area (Å²) in [6.07, 6.45) is 2.48. The van der Waals surface area contributed by atoms with Crippen LogP contribution in [0.3, 0.4) is 0 Å². The van der Waals surface area contributed by atoms with E-state index in [-0.39, 0.29) is 24.7 Å². The van der Waals surface area contributed by atoms with E-state index in [0.717, 1.165) is 19.3 Å². The molecule has 0 aliphatic rings. The van der Waals surface area contributed by atoms with E-state index >= 15 is 0 Å². The Hall–Kier alpha value is -2.65. The third-order valence-corrected chi connectivity index (χ3v) is 6.96. The molecule has 10 heteroatoms. The highest BCUT2D eigenvalue weighted by Crippen LogP contribution is 2.21. The molecule has 37 heavy (non-hydrogen) atoms. The van der Waals surface area contributed by atoms with Crippen LogP contribution in [0.25, 0.3) is 0 Å². The molecule has 5 N–H and O–H groups in total. The van der Waals surface area contributed by atoms with Gasteiger partial charge in [-0.05, 0) is 36.8 Å². The number of esters is 1. The van der Waals surface area contributed by atoms with Gasteiger partial charge in [-0.1, -0.05) is 76.8 Å². The Bertz CT molecular complexity index is 912. The lowest BCUT2D eigenvalue weighted by atomic mass is 9.94. The van der Waals surface area contributed by atoms with Crippen LogP contribution in [0, 0.1) is 11.8 Å². The van der Waals surface area contributed by atoms with Crippen LogP contribution in [0.4, 0.5) is 0 Å². The summed E-state index contributed by atoms with van der Waals surface area (Å²) in [4.78, 5) is 50.0. The summed E-state index contributed by atoms with van der Waals surface area (Å²) in [5.41, 5.74) is 6.67. The lowest BCUT2D eigenvalue weighted by Crippen LogP contribution is -2.52. The lowest BCUT2D eigenvalue weighted by Gasteiger charge is -2.27. The number of amides is 2. The molecule has 208 valence electrons. The second kappa shape index (κ2) is 16.2. The molecule has 2 amide bonds. The monoisotopic (exact) mass is 539 g/mol. The van der Waals surface area contributed by atoms with E-state index in [0.29, 0.717) is 17.0 Å². The van der Waals surface area contributed by atoms with Crippen LogP contribution < -0.4 is 16.4 Å². The molecule has 0 spiro atoms. The Morgan fingerprint density at radius 1 is 1.05 bits per heavy atom. The molecule has 1 aromatic carbocycles. The molecule has 0 heterocycles. The minimum absolute atomic E-state index is 0.0539. The van der Waals surface area contributed by atoms with Crippen LogP contribution in [0.5, 0.6) is 0 Å². The molecule has 0 unspecified atom stereocenters. The van der Waals surface area contributed by atoms with Crippen LogP contribution in [0.1, 0.15) is 72.3 Å². The van der Waals surface area contributed by atoms with Crippen LogP contribution >= 0.6 is 11.6 Å². The molecule has 0 radical (unpaired) electrons. The summed E-state index contributed by atoms with van der Waals surface area (Å²) in [6, 6.07) is 3.85. The van der Waals surface area contributed by atoms with Crippen molar-refractivity contribution in [2.45, 2.75) is 97.4 Å². The quantitative estimate of drug-likeness (QED) is 0.235. The van der Waals surface area contributed by atoms with E-state index in [2.05, 4.69) is 17.6 Å². The fourth-order valence-corrected chi connectivity index (χ4v) is 3.90. The molecular formula is C27H42ClN3O6. The van der Waals surface area contributed by atoms with E-state index < -0.39 is 48.0 Å². The van der Waals surface area contributed by atoms with Crippen LogP contribution in [0.15, 0.2) is 24.3 Å². The highest BCUT2D eigenvalue weighted by molar-refractivity contribution is 6.31. The highest BCUT2D eigenvalue weighted by Gasteiger charge is 2.31. The first-order valence-electron chi connectivity index (χ1n) is 12.9.